The third kappa shape index (κ3) is 4.54. The molecule has 0 spiro atoms. The van der Waals surface area contributed by atoms with Crippen LogP contribution in [0.4, 0.5) is 16.0 Å². The van der Waals surface area contributed by atoms with Gasteiger partial charge in [-0.25, -0.2) is 14.4 Å². The molecule has 0 saturated carbocycles. The van der Waals surface area contributed by atoms with Gasteiger partial charge in [0.2, 0.25) is 11.9 Å². The molecule has 7 heteroatoms. The number of hydrogen-bond donors (Lipinski definition) is 1. The van der Waals surface area contributed by atoms with Gasteiger partial charge in [-0.05, 0) is 36.6 Å². The lowest BCUT2D eigenvalue weighted by Crippen LogP contribution is -2.41. The summed E-state index contributed by atoms with van der Waals surface area (Å²) in [7, 11) is 0. The second-order valence-electron chi connectivity index (χ2n) is 7.04. The molecule has 0 radical (unpaired) electrons. The summed E-state index contributed by atoms with van der Waals surface area (Å²) in [5.41, 5.74) is 2.50. The van der Waals surface area contributed by atoms with Crippen LogP contribution in [0.2, 0.25) is 5.02 Å². The number of nitrogens with zero attached hydrogens (tertiary/aromatic N) is 3. The third-order valence-corrected chi connectivity index (χ3v) is 5.30. The summed E-state index contributed by atoms with van der Waals surface area (Å²) in [5, 5.41) is 2.81. The van der Waals surface area contributed by atoms with Crippen LogP contribution in [0.3, 0.4) is 0 Å². The molecule has 2 aromatic carbocycles. The Morgan fingerprint density at radius 1 is 1.10 bits per heavy atom. The van der Waals surface area contributed by atoms with Crippen molar-refractivity contribution < 1.29 is 9.18 Å². The average Bonchev–Trinajstić information content (AvgIpc) is 2.77. The summed E-state index contributed by atoms with van der Waals surface area (Å²) in [5.74, 6) is -0.208. The van der Waals surface area contributed by atoms with E-state index < -0.39 is 5.82 Å². The maximum atomic E-state index is 13.3. The van der Waals surface area contributed by atoms with Crippen molar-refractivity contribution in [3.8, 4) is 11.1 Å². The standard InChI is InChI=1S/C22H20ClFN4O/c23-19-11-18(8-9-20(19)24)27-21(29)16-7-4-10-28(14-16)22-25-12-17(13-26-22)15-5-2-1-3-6-15/h1-3,5-6,8-9,11-13,16H,4,7,10,14H2,(H,27,29). The average molecular weight is 411 g/mol. The Morgan fingerprint density at radius 3 is 2.59 bits per heavy atom. The number of benzene rings is 2. The van der Waals surface area contributed by atoms with Gasteiger partial charge in [0.25, 0.3) is 0 Å². The van der Waals surface area contributed by atoms with Crippen LogP contribution in [-0.2, 0) is 4.79 Å². The minimum absolute atomic E-state index is 0.0139. The van der Waals surface area contributed by atoms with Crippen LogP contribution >= 0.6 is 11.6 Å². The number of aromatic nitrogens is 2. The Balaban J connectivity index is 1.42. The van der Waals surface area contributed by atoms with E-state index in [1.807, 2.05) is 47.6 Å². The SMILES string of the molecule is O=C(Nc1ccc(F)c(Cl)c1)C1CCCN(c2ncc(-c3ccccc3)cn2)C1. The lowest BCUT2D eigenvalue weighted by molar-refractivity contribution is -0.120. The molecule has 3 aromatic rings. The molecule has 2 heterocycles. The number of hydrogen-bond acceptors (Lipinski definition) is 4. The summed E-state index contributed by atoms with van der Waals surface area (Å²) < 4.78 is 13.3. The lowest BCUT2D eigenvalue weighted by Gasteiger charge is -2.32. The lowest BCUT2D eigenvalue weighted by atomic mass is 9.97. The highest BCUT2D eigenvalue weighted by Crippen LogP contribution is 2.25. The second-order valence-corrected chi connectivity index (χ2v) is 7.45. The highest BCUT2D eigenvalue weighted by atomic mass is 35.5. The van der Waals surface area contributed by atoms with Crippen molar-refractivity contribution in [2.75, 3.05) is 23.3 Å². The van der Waals surface area contributed by atoms with Gasteiger partial charge in [-0.2, -0.15) is 0 Å². The number of rotatable bonds is 4. The van der Waals surface area contributed by atoms with Crippen molar-refractivity contribution >= 4 is 29.1 Å². The van der Waals surface area contributed by atoms with Gasteiger partial charge in [-0.1, -0.05) is 41.9 Å². The molecule has 1 aromatic heterocycles. The Hall–Kier alpha value is -2.99. The fourth-order valence-electron chi connectivity index (χ4n) is 3.46. The number of amides is 1. The third-order valence-electron chi connectivity index (χ3n) is 5.01. The fourth-order valence-corrected chi connectivity index (χ4v) is 3.64. The summed E-state index contributed by atoms with van der Waals surface area (Å²) in [6.45, 7) is 1.34. The molecular formula is C22H20ClFN4O. The zero-order chi connectivity index (χ0) is 20.2. The summed E-state index contributed by atoms with van der Waals surface area (Å²) in [6, 6.07) is 14.1. The van der Waals surface area contributed by atoms with Crippen LogP contribution in [-0.4, -0.2) is 29.0 Å². The van der Waals surface area contributed by atoms with Crippen LogP contribution in [0.1, 0.15) is 12.8 Å². The van der Waals surface area contributed by atoms with E-state index in [1.54, 1.807) is 0 Å². The topological polar surface area (TPSA) is 58.1 Å². The van der Waals surface area contributed by atoms with Crippen LogP contribution in [0.15, 0.2) is 60.9 Å². The number of carbonyl (C=O) groups excluding carboxylic acids is 1. The largest absolute Gasteiger partial charge is 0.340 e. The first-order valence-corrected chi connectivity index (χ1v) is 9.86. The Bertz CT molecular complexity index is 997. The number of carbonyl (C=O) groups is 1. The molecule has 1 saturated heterocycles. The first-order chi connectivity index (χ1) is 14.1. The monoisotopic (exact) mass is 410 g/mol. The van der Waals surface area contributed by atoms with E-state index in [4.69, 9.17) is 11.6 Å². The number of halogens is 2. The molecule has 148 valence electrons. The van der Waals surface area contributed by atoms with Crippen LogP contribution < -0.4 is 10.2 Å². The molecule has 1 amide bonds. The second kappa shape index (κ2) is 8.57. The number of piperidine rings is 1. The van der Waals surface area contributed by atoms with Gasteiger partial charge in [-0.3, -0.25) is 4.79 Å². The minimum atomic E-state index is -0.510. The molecule has 29 heavy (non-hydrogen) atoms. The normalized spacial score (nSPS) is 16.5. The molecule has 1 fully saturated rings. The molecule has 5 nitrogen and oxygen atoms in total. The number of nitrogens with one attached hydrogen (secondary N) is 1. The van der Waals surface area contributed by atoms with Crippen LogP contribution in [0, 0.1) is 11.7 Å². The zero-order valence-electron chi connectivity index (χ0n) is 15.7. The van der Waals surface area contributed by atoms with E-state index in [0.29, 0.717) is 18.2 Å². The van der Waals surface area contributed by atoms with Gasteiger partial charge in [0.15, 0.2) is 0 Å². The Labute approximate surface area is 173 Å². The van der Waals surface area contributed by atoms with Gasteiger partial charge in [-0.15, -0.1) is 0 Å². The van der Waals surface area contributed by atoms with E-state index in [0.717, 1.165) is 30.5 Å². The van der Waals surface area contributed by atoms with E-state index >= 15 is 0 Å². The first-order valence-electron chi connectivity index (χ1n) is 9.48. The summed E-state index contributed by atoms with van der Waals surface area (Å²) in [6.07, 6.45) is 5.26. The van der Waals surface area contributed by atoms with Crippen LogP contribution in [0.5, 0.6) is 0 Å². The molecule has 1 N–H and O–H groups in total. The molecule has 4 rings (SSSR count). The molecule has 1 unspecified atom stereocenters. The van der Waals surface area contributed by atoms with Gasteiger partial charge in [0.05, 0.1) is 10.9 Å². The molecular weight excluding hydrogens is 391 g/mol. The fraction of sp³-hybridized carbons (Fsp3) is 0.227. The number of anilines is 2. The van der Waals surface area contributed by atoms with Gasteiger partial charge < -0.3 is 10.2 Å². The minimum Gasteiger partial charge on any atom is -0.340 e. The molecule has 0 aliphatic carbocycles. The smallest absolute Gasteiger partial charge is 0.229 e. The Kier molecular flexibility index (Phi) is 5.71. The van der Waals surface area contributed by atoms with Crippen LogP contribution in [0.25, 0.3) is 11.1 Å². The summed E-state index contributed by atoms with van der Waals surface area (Å²) in [4.78, 5) is 23.7. The van der Waals surface area contributed by atoms with Crippen molar-refractivity contribution in [2.24, 2.45) is 5.92 Å². The van der Waals surface area contributed by atoms with Gasteiger partial charge in [0.1, 0.15) is 5.82 Å². The quantitative estimate of drug-likeness (QED) is 0.671. The molecule has 1 aliphatic rings. The molecule has 0 bridgehead atoms. The zero-order valence-corrected chi connectivity index (χ0v) is 16.4. The van der Waals surface area contributed by atoms with Crippen molar-refractivity contribution in [3.63, 3.8) is 0 Å². The van der Waals surface area contributed by atoms with Gasteiger partial charge in [0, 0.05) is 36.7 Å². The predicted octanol–water partition coefficient (Wildman–Crippen LogP) is 4.79. The maximum absolute atomic E-state index is 13.3. The predicted molar refractivity (Wildman–Crippen MR) is 112 cm³/mol. The highest BCUT2D eigenvalue weighted by molar-refractivity contribution is 6.31. The highest BCUT2D eigenvalue weighted by Gasteiger charge is 2.27. The van der Waals surface area contributed by atoms with E-state index in [2.05, 4.69) is 15.3 Å². The Morgan fingerprint density at radius 2 is 1.86 bits per heavy atom. The van der Waals surface area contributed by atoms with Crippen molar-refractivity contribution in [1.82, 2.24) is 9.97 Å². The first kappa shape index (κ1) is 19.3. The van der Waals surface area contributed by atoms with Crippen molar-refractivity contribution in [3.05, 3.63) is 71.8 Å². The summed E-state index contributed by atoms with van der Waals surface area (Å²) >= 11 is 5.79. The van der Waals surface area contributed by atoms with E-state index in [1.165, 1.54) is 18.2 Å². The molecule has 1 atom stereocenters. The maximum Gasteiger partial charge on any atom is 0.229 e. The van der Waals surface area contributed by atoms with E-state index in [9.17, 15) is 9.18 Å². The van der Waals surface area contributed by atoms with Crippen molar-refractivity contribution in [2.45, 2.75) is 12.8 Å². The van der Waals surface area contributed by atoms with E-state index in [-0.39, 0.29) is 16.8 Å². The molecule has 1 aliphatic heterocycles. The van der Waals surface area contributed by atoms with Crippen molar-refractivity contribution in [1.29, 1.82) is 0 Å². The van der Waals surface area contributed by atoms with Gasteiger partial charge >= 0.3 is 0 Å².